The molecular weight excluding hydrogens is 523 g/mol. The number of likely N-dealkylation sites (tertiary alicyclic amines) is 1. The summed E-state index contributed by atoms with van der Waals surface area (Å²) in [5.41, 5.74) is 1.14. The van der Waals surface area contributed by atoms with Crippen molar-refractivity contribution in [3.8, 4) is 5.75 Å². The van der Waals surface area contributed by atoms with Crippen LogP contribution < -0.4 is 10.1 Å². The highest BCUT2D eigenvalue weighted by atomic mass is 127. The van der Waals surface area contributed by atoms with Crippen LogP contribution in [0.25, 0.3) is 0 Å². The molecule has 182 valence electrons. The number of benzene rings is 1. The standard InChI is InChI=1S/C23H38N4O4.HI/c1-24-23(27-8-7-20(18-27)19-30-16-15-28-2)25-17-21-5-3-4-6-22(21)31-14-11-26-9-12-29-13-10-26;/h3-6,20H,7-19H2,1-2H3,(H,24,25);1H. The minimum absolute atomic E-state index is 0. The Labute approximate surface area is 209 Å². The van der Waals surface area contributed by atoms with Gasteiger partial charge in [-0.1, -0.05) is 18.2 Å². The molecule has 32 heavy (non-hydrogen) atoms. The Morgan fingerprint density at radius 3 is 2.75 bits per heavy atom. The molecule has 3 rings (SSSR count). The first-order valence-electron chi connectivity index (χ1n) is 11.3. The summed E-state index contributed by atoms with van der Waals surface area (Å²) in [7, 11) is 3.54. The summed E-state index contributed by atoms with van der Waals surface area (Å²) < 4.78 is 22.3. The van der Waals surface area contributed by atoms with Crippen LogP contribution in [-0.2, 0) is 20.8 Å². The molecule has 2 aliphatic rings. The maximum Gasteiger partial charge on any atom is 0.193 e. The van der Waals surface area contributed by atoms with E-state index in [1.807, 2.05) is 19.2 Å². The summed E-state index contributed by atoms with van der Waals surface area (Å²) in [4.78, 5) is 9.19. The number of nitrogens with one attached hydrogen (secondary N) is 1. The van der Waals surface area contributed by atoms with E-state index in [9.17, 15) is 0 Å². The summed E-state index contributed by atoms with van der Waals surface area (Å²) in [6.45, 7) is 9.93. The van der Waals surface area contributed by atoms with Gasteiger partial charge >= 0.3 is 0 Å². The van der Waals surface area contributed by atoms with Gasteiger partial charge in [0, 0.05) is 64.9 Å². The van der Waals surface area contributed by atoms with Gasteiger partial charge in [-0.2, -0.15) is 0 Å². The lowest BCUT2D eigenvalue weighted by molar-refractivity contribution is 0.0322. The van der Waals surface area contributed by atoms with Crippen LogP contribution in [0.4, 0.5) is 0 Å². The molecule has 1 unspecified atom stereocenters. The second kappa shape index (κ2) is 15.7. The van der Waals surface area contributed by atoms with Crippen LogP contribution in [0.1, 0.15) is 12.0 Å². The Morgan fingerprint density at radius 1 is 1.16 bits per heavy atom. The Balaban J connectivity index is 0.00000363. The quantitative estimate of drug-likeness (QED) is 0.192. The zero-order valence-corrected chi connectivity index (χ0v) is 21.8. The monoisotopic (exact) mass is 562 g/mol. The van der Waals surface area contributed by atoms with Crippen molar-refractivity contribution in [1.29, 1.82) is 0 Å². The molecular formula is C23H39IN4O4. The van der Waals surface area contributed by atoms with Crippen LogP contribution >= 0.6 is 24.0 Å². The second-order valence-corrected chi connectivity index (χ2v) is 7.98. The van der Waals surface area contributed by atoms with E-state index in [-0.39, 0.29) is 24.0 Å². The Kier molecular flexibility index (Phi) is 13.3. The minimum Gasteiger partial charge on any atom is -0.492 e. The number of halogens is 1. The Bertz CT molecular complexity index is 673. The third-order valence-electron chi connectivity index (χ3n) is 5.76. The van der Waals surface area contributed by atoms with Gasteiger partial charge in [-0.05, 0) is 12.5 Å². The van der Waals surface area contributed by atoms with Gasteiger partial charge in [0.15, 0.2) is 5.96 Å². The van der Waals surface area contributed by atoms with Crippen LogP contribution in [0.5, 0.6) is 5.75 Å². The van der Waals surface area contributed by atoms with Gasteiger partial charge in [-0.25, -0.2) is 0 Å². The van der Waals surface area contributed by atoms with Crippen LogP contribution in [-0.4, -0.2) is 102 Å². The molecule has 9 heteroatoms. The van der Waals surface area contributed by atoms with Crippen molar-refractivity contribution in [1.82, 2.24) is 15.1 Å². The first-order chi connectivity index (χ1) is 15.3. The molecule has 0 aliphatic carbocycles. The molecule has 1 aromatic carbocycles. The number of hydrogen-bond acceptors (Lipinski definition) is 6. The normalized spacial score (nSPS) is 19.6. The summed E-state index contributed by atoms with van der Waals surface area (Å²) in [6, 6.07) is 8.23. The second-order valence-electron chi connectivity index (χ2n) is 7.98. The molecule has 0 aromatic heterocycles. The number of guanidine groups is 1. The van der Waals surface area contributed by atoms with Crippen LogP contribution in [0.2, 0.25) is 0 Å². The van der Waals surface area contributed by atoms with E-state index in [4.69, 9.17) is 18.9 Å². The molecule has 0 radical (unpaired) electrons. The fraction of sp³-hybridized carbons (Fsp3) is 0.696. The van der Waals surface area contributed by atoms with Gasteiger partial charge in [0.25, 0.3) is 0 Å². The van der Waals surface area contributed by atoms with Gasteiger partial charge in [0.05, 0.1) is 33.0 Å². The summed E-state index contributed by atoms with van der Waals surface area (Å²) in [5, 5.41) is 3.51. The van der Waals surface area contributed by atoms with Crippen LogP contribution in [0.15, 0.2) is 29.3 Å². The molecule has 1 N–H and O–H groups in total. The van der Waals surface area contributed by atoms with Gasteiger partial charge < -0.3 is 29.2 Å². The molecule has 2 fully saturated rings. The average molecular weight is 562 g/mol. The number of nitrogens with zero attached hydrogens (tertiary/aromatic N) is 3. The van der Waals surface area contributed by atoms with Crippen molar-refractivity contribution in [2.24, 2.45) is 10.9 Å². The maximum atomic E-state index is 6.11. The zero-order valence-electron chi connectivity index (χ0n) is 19.5. The molecule has 1 aromatic rings. The molecule has 1 atom stereocenters. The number of aliphatic imine (C=N–C) groups is 1. The van der Waals surface area contributed by atoms with Crippen LogP contribution in [0.3, 0.4) is 0 Å². The minimum atomic E-state index is 0. The highest BCUT2D eigenvalue weighted by molar-refractivity contribution is 14.0. The number of para-hydroxylation sites is 1. The first-order valence-corrected chi connectivity index (χ1v) is 11.3. The fourth-order valence-corrected chi connectivity index (χ4v) is 3.96. The molecule has 0 saturated carbocycles. The predicted molar refractivity (Wildman–Crippen MR) is 137 cm³/mol. The number of rotatable bonds is 11. The topological polar surface area (TPSA) is 67.8 Å². The lowest BCUT2D eigenvalue weighted by atomic mass is 10.1. The van der Waals surface area contributed by atoms with Gasteiger partial charge in [-0.15, -0.1) is 24.0 Å². The van der Waals surface area contributed by atoms with Gasteiger partial charge in [0.2, 0.25) is 0 Å². The SMILES string of the molecule is CN=C(NCc1ccccc1OCCN1CCOCC1)N1CCC(COCCOC)C1.I. The fourth-order valence-electron chi connectivity index (χ4n) is 3.96. The molecule has 0 spiro atoms. The maximum absolute atomic E-state index is 6.11. The number of morpholine rings is 1. The number of hydrogen-bond donors (Lipinski definition) is 1. The number of ether oxygens (including phenoxy) is 4. The molecule has 2 saturated heterocycles. The van der Waals surface area contributed by atoms with Crippen LogP contribution in [0, 0.1) is 5.92 Å². The summed E-state index contributed by atoms with van der Waals surface area (Å²) in [5.74, 6) is 2.40. The third-order valence-corrected chi connectivity index (χ3v) is 5.76. The van der Waals surface area contributed by atoms with Crippen molar-refractivity contribution in [3.05, 3.63) is 29.8 Å². The highest BCUT2D eigenvalue weighted by Crippen LogP contribution is 2.19. The molecule has 2 aliphatic heterocycles. The zero-order chi connectivity index (χ0) is 21.7. The van der Waals surface area contributed by atoms with E-state index in [1.165, 1.54) is 0 Å². The van der Waals surface area contributed by atoms with E-state index < -0.39 is 0 Å². The van der Waals surface area contributed by atoms with E-state index >= 15 is 0 Å². The van der Waals surface area contributed by atoms with Crippen molar-refractivity contribution < 1.29 is 18.9 Å². The smallest absolute Gasteiger partial charge is 0.193 e. The Hall–Kier alpha value is -1.14. The first kappa shape index (κ1) is 27.1. The lowest BCUT2D eigenvalue weighted by Gasteiger charge is -2.26. The molecule has 0 amide bonds. The Morgan fingerprint density at radius 2 is 1.97 bits per heavy atom. The van der Waals surface area contributed by atoms with Crippen molar-refractivity contribution in [2.45, 2.75) is 13.0 Å². The summed E-state index contributed by atoms with van der Waals surface area (Å²) >= 11 is 0. The van der Waals surface area contributed by atoms with Crippen molar-refractivity contribution >= 4 is 29.9 Å². The van der Waals surface area contributed by atoms with Gasteiger partial charge in [0.1, 0.15) is 12.4 Å². The average Bonchev–Trinajstić information content (AvgIpc) is 3.27. The number of methoxy groups -OCH3 is 1. The van der Waals surface area contributed by atoms with E-state index in [0.717, 1.165) is 76.2 Å². The van der Waals surface area contributed by atoms with E-state index in [0.29, 0.717) is 32.3 Å². The van der Waals surface area contributed by atoms with Gasteiger partial charge in [-0.3, -0.25) is 9.89 Å². The molecule has 8 nitrogen and oxygen atoms in total. The predicted octanol–water partition coefficient (Wildman–Crippen LogP) is 2.08. The lowest BCUT2D eigenvalue weighted by Crippen LogP contribution is -2.40. The highest BCUT2D eigenvalue weighted by Gasteiger charge is 2.25. The summed E-state index contributed by atoms with van der Waals surface area (Å²) in [6.07, 6.45) is 1.12. The van der Waals surface area contributed by atoms with E-state index in [2.05, 4.69) is 32.2 Å². The third kappa shape index (κ3) is 9.01. The molecule has 0 bridgehead atoms. The molecule has 2 heterocycles. The van der Waals surface area contributed by atoms with Crippen molar-refractivity contribution in [3.63, 3.8) is 0 Å². The van der Waals surface area contributed by atoms with Crippen molar-refractivity contribution in [2.75, 3.05) is 86.5 Å². The largest absolute Gasteiger partial charge is 0.492 e. The van der Waals surface area contributed by atoms with E-state index in [1.54, 1.807) is 7.11 Å².